The van der Waals surface area contributed by atoms with Gasteiger partial charge in [0.05, 0.1) is 36.4 Å². The van der Waals surface area contributed by atoms with Crippen LogP contribution in [0.5, 0.6) is 0 Å². The predicted octanol–water partition coefficient (Wildman–Crippen LogP) is 2.75. The molecule has 6 heteroatoms. The third-order valence-corrected chi connectivity index (χ3v) is 4.47. The number of nitrogens with one attached hydrogen (secondary N) is 2. The first-order valence-corrected chi connectivity index (χ1v) is 9.17. The Balaban J connectivity index is 1.49. The number of aromatic amines is 1. The van der Waals surface area contributed by atoms with Crippen LogP contribution in [-0.4, -0.2) is 47.8 Å². The molecule has 1 aromatic heterocycles. The smallest absolute Gasteiger partial charge is 0.220 e. The molecule has 1 aliphatic heterocycles. The highest BCUT2D eigenvalue weighted by Crippen LogP contribution is 2.14. The van der Waals surface area contributed by atoms with Gasteiger partial charge >= 0.3 is 0 Å². The van der Waals surface area contributed by atoms with Gasteiger partial charge in [0.25, 0.3) is 0 Å². The van der Waals surface area contributed by atoms with Gasteiger partial charge in [0.1, 0.15) is 5.82 Å². The average Bonchev–Trinajstić information content (AvgIpc) is 3.04. The van der Waals surface area contributed by atoms with Gasteiger partial charge in [-0.2, -0.15) is 0 Å². The number of rotatable bonds is 7. The molecule has 0 saturated carbocycles. The lowest BCUT2D eigenvalue weighted by atomic mass is 10.1. The van der Waals surface area contributed by atoms with Gasteiger partial charge in [0, 0.05) is 19.4 Å². The van der Waals surface area contributed by atoms with Crippen LogP contribution in [-0.2, 0) is 20.7 Å². The lowest BCUT2D eigenvalue weighted by Gasteiger charge is -2.31. The SMILES string of the molecule is CC(C)=CCO[C@H]1CCOC[C@H]1NC(=O)CCc1nc2ccccc2[nH]1. The molecule has 6 nitrogen and oxygen atoms in total. The van der Waals surface area contributed by atoms with Gasteiger partial charge in [-0.15, -0.1) is 0 Å². The zero-order valence-electron chi connectivity index (χ0n) is 15.5. The van der Waals surface area contributed by atoms with Crippen LogP contribution in [0.15, 0.2) is 35.9 Å². The maximum Gasteiger partial charge on any atom is 0.220 e. The number of carbonyl (C=O) groups excluding carboxylic acids is 1. The zero-order chi connectivity index (χ0) is 18.4. The number of aromatic nitrogens is 2. The average molecular weight is 357 g/mol. The fraction of sp³-hybridized carbons (Fsp3) is 0.500. The van der Waals surface area contributed by atoms with Crippen LogP contribution in [0.1, 0.15) is 32.5 Å². The van der Waals surface area contributed by atoms with Gasteiger partial charge in [-0.25, -0.2) is 4.98 Å². The summed E-state index contributed by atoms with van der Waals surface area (Å²) in [6.45, 7) is 5.83. The number of amides is 1. The summed E-state index contributed by atoms with van der Waals surface area (Å²) >= 11 is 0. The Hall–Kier alpha value is -2.18. The van der Waals surface area contributed by atoms with E-state index in [1.54, 1.807) is 0 Å². The Morgan fingerprint density at radius 1 is 1.42 bits per heavy atom. The third-order valence-electron chi connectivity index (χ3n) is 4.47. The lowest BCUT2D eigenvalue weighted by molar-refractivity contribution is -0.125. The third kappa shape index (κ3) is 5.16. The van der Waals surface area contributed by atoms with E-state index >= 15 is 0 Å². The number of aryl methyl sites for hydroxylation is 1. The first-order chi connectivity index (χ1) is 12.6. The van der Waals surface area contributed by atoms with Crippen LogP contribution in [0, 0.1) is 0 Å². The van der Waals surface area contributed by atoms with Crippen molar-refractivity contribution in [2.45, 2.75) is 45.3 Å². The molecule has 2 atom stereocenters. The Morgan fingerprint density at radius 3 is 3.08 bits per heavy atom. The molecule has 2 N–H and O–H groups in total. The molecule has 1 amide bonds. The normalized spacial score (nSPS) is 20.1. The first kappa shape index (κ1) is 18.6. The number of fused-ring (bicyclic) bond motifs is 1. The number of ether oxygens (including phenoxy) is 2. The summed E-state index contributed by atoms with van der Waals surface area (Å²) in [6, 6.07) is 7.77. The minimum Gasteiger partial charge on any atom is -0.379 e. The zero-order valence-corrected chi connectivity index (χ0v) is 15.5. The van der Waals surface area contributed by atoms with Crippen molar-refractivity contribution in [3.8, 4) is 0 Å². The molecule has 0 bridgehead atoms. The van der Waals surface area contributed by atoms with Crippen molar-refractivity contribution >= 4 is 16.9 Å². The molecule has 0 spiro atoms. The summed E-state index contributed by atoms with van der Waals surface area (Å²) in [5.74, 6) is 0.828. The number of carbonyl (C=O) groups is 1. The maximum atomic E-state index is 12.4. The van der Waals surface area contributed by atoms with Crippen molar-refractivity contribution in [3.63, 3.8) is 0 Å². The molecular formula is C20H27N3O3. The monoisotopic (exact) mass is 357 g/mol. The fourth-order valence-corrected chi connectivity index (χ4v) is 3.03. The number of H-pyrrole nitrogens is 1. The quantitative estimate of drug-likeness (QED) is 0.747. The summed E-state index contributed by atoms with van der Waals surface area (Å²) in [6.07, 6.45) is 3.81. The Kier molecular flexibility index (Phi) is 6.41. The van der Waals surface area contributed by atoms with Crippen molar-refractivity contribution < 1.29 is 14.3 Å². The molecule has 1 aliphatic rings. The van der Waals surface area contributed by atoms with Crippen molar-refractivity contribution in [2.75, 3.05) is 19.8 Å². The summed E-state index contributed by atoms with van der Waals surface area (Å²) in [7, 11) is 0. The van der Waals surface area contributed by atoms with Crippen molar-refractivity contribution in [2.24, 2.45) is 0 Å². The summed E-state index contributed by atoms with van der Waals surface area (Å²) in [5.41, 5.74) is 3.15. The molecule has 140 valence electrons. The topological polar surface area (TPSA) is 76.2 Å². The molecule has 1 fully saturated rings. The van der Waals surface area contributed by atoms with Crippen molar-refractivity contribution in [3.05, 3.63) is 41.7 Å². The molecular weight excluding hydrogens is 330 g/mol. The van der Waals surface area contributed by atoms with Gasteiger partial charge < -0.3 is 19.8 Å². The largest absolute Gasteiger partial charge is 0.379 e. The molecule has 26 heavy (non-hydrogen) atoms. The maximum absolute atomic E-state index is 12.4. The number of hydrogen-bond donors (Lipinski definition) is 2. The molecule has 0 aliphatic carbocycles. The molecule has 1 saturated heterocycles. The number of benzene rings is 1. The summed E-state index contributed by atoms with van der Waals surface area (Å²) in [4.78, 5) is 20.1. The van der Waals surface area contributed by atoms with Crippen molar-refractivity contribution in [1.82, 2.24) is 15.3 Å². The minimum atomic E-state index is -0.0996. The van der Waals surface area contributed by atoms with Crippen LogP contribution in [0.4, 0.5) is 0 Å². The van der Waals surface area contributed by atoms with Gasteiger partial charge in [0.15, 0.2) is 0 Å². The molecule has 2 aromatic rings. The molecule has 0 radical (unpaired) electrons. The van der Waals surface area contributed by atoms with Crippen LogP contribution < -0.4 is 5.32 Å². The first-order valence-electron chi connectivity index (χ1n) is 9.17. The number of nitrogens with zero attached hydrogens (tertiary/aromatic N) is 1. The van der Waals surface area contributed by atoms with E-state index in [0.717, 1.165) is 23.3 Å². The van der Waals surface area contributed by atoms with Crippen LogP contribution in [0.3, 0.4) is 0 Å². The second-order valence-corrected chi connectivity index (χ2v) is 6.89. The van der Waals surface area contributed by atoms with Gasteiger partial charge in [-0.05, 0) is 32.4 Å². The number of allylic oxidation sites excluding steroid dienone is 1. The second-order valence-electron chi connectivity index (χ2n) is 6.89. The van der Waals surface area contributed by atoms with E-state index in [0.29, 0.717) is 32.7 Å². The summed E-state index contributed by atoms with van der Waals surface area (Å²) in [5, 5.41) is 3.06. The molecule has 0 unspecified atom stereocenters. The van der Waals surface area contributed by atoms with Gasteiger partial charge in [-0.1, -0.05) is 23.8 Å². The predicted molar refractivity (Wildman–Crippen MR) is 101 cm³/mol. The standard InChI is InChI=1S/C20H27N3O3/c1-14(2)9-12-26-18-10-11-25-13-17(18)23-20(24)8-7-19-21-15-5-3-4-6-16(15)22-19/h3-6,9,17-18H,7-8,10-13H2,1-2H3,(H,21,22)(H,23,24)/t17-,18+/m1/s1. The number of hydrogen-bond acceptors (Lipinski definition) is 4. The highest BCUT2D eigenvalue weighted by molar-refractivity contribution is 5.77. The fourth-order valence-electron chi connectivity index (χ4n) is 3.03. The Morgan fingerprint density at radius 2 is 2.27 bits per heavy atom. The van der Waals surface area contributed by atoms with Crippen LogP contribution >= 0.6 is 0 Å². The van der Waals surface area contributed by atoms with Gasteiger partial charge in [0.2, 0.25) is 5.91 Å². The van der Waals surface area contributed by atoms with Crippen molar-refractivity contribution in [1.29, 1.82) is 0 Å². The van der Waals surface area contributed by atoms with Gasteiger partial charge in [-0.3, -0.25) is 4.79 Å². The van der Waals surface area contributed by atoms with E-state index in [-0.39, 0.29) is 18.1 Å². The lowest BCUT2D eigenvalue weighted by Crippen LogP contribution is -2.50. The minimum absolute atomic E-state index is 0.00299. The summed E-state index contributed by atoms with van der Waals surface area (Å²) < 4.78 is 11.4. The van der Waals surface area contributed by atoms with Crippen LogP contribution in [0.25, 0.3) is 11.0 Å². The van der Waals surface area contributed by atoms with E-state index in [1.165, 1.54) is 5.57 Å². The van der Waals surface area contributed by atoms with E-state index in [1.807, 2.05) is 38.1 Å². The van der Waals surface area contributed by atoms with E-state index in [4.69, 9.17) is 9.47 Å². The second kappa shape index (κ2) is 8.96. The van der Waals surface area contributed by atoms with E-state index in [9.17, 15) is 4.79 Å². The Labute approximate surface area is 154 Å². The highest BCUT2D eigenvalue weighted by Gasteiger charge is 2.27. The van der Waals surface area contributed by atoms with Crippen LogP contribution in [0.2, 0.25) is 0 Å². The number of para-hydroxylation sites is 2. The highest BCUT2D eigenvalue weighted by atomic mass is 16.5. The molecule has 2 heterocycles. The molecule has 1 aromatic carbocycles. The Bertz CT molecular complexity index is 732. The van der Waals surface area contributed by atoms with E-state index in [2.05, 4.69) is 21.4 Å². The number of imidazole rings is 1. The van der Waals surface area contributed by atoms with E-state index < -0.39 is 0 Å². The molecule has 3 rings (SSSR count).